The van der Waals surface area contributed by atoms with E-state index in [4.69, 9.17) is 9.47 Å². The average molecular weight is 304 g/mol. The van der Waals surface area contributed by atoms with Crippen LogP contribution in [0.4, 0.5) is 4.79 Å². The molecule has 1 aromatic rings. The van der Waals surface area contributed by atoms with E-state index in [1.165, 1.54) is 0 Å². The molecule has 5 heteroatoms. The molecule has 0 saturated carbocycles. The van der Waals surface area contributed by atoms with Crippen LogP contribution in [0, 0.1) is 0 Å². The lowest BCUT2D eigenvalue weighted by Crippen LogP contribution is -2.50. The zero-order valence-electron chi connectivity index (χ0n) is 13.0. The number of carbonyl (C=O) groups is 1. The van der Waals surface area contributed by atoms with Crippen LogP contribution in [0.15, 0.2) is 30.3 Å². The third kappa shape index (κ3) is 3.71. The molecule has 2 aliphatic rings. The summed E-state index contributed by atoms with van der Waals surface area (Å²) in [5.41, 5.74) is 0. The summed E-state index contributed by atoms with van der Waals surface area (Å²) < 4.78 is 11.5. The van der Waals surface area contributed by atoms with Gasteiger partial charge in [0.1, 0.15) is 12.4 Å². The average Bonchev–Trinajstić information content (AvgIpc) is 3.15. The normalized spacial score (nSPS) is 27.4. The second kappa shape index (κ2) is 7.01. The molecule has 0 aromatic heterocycles. The molecule has 3 rings (SSSR count). The van der Waals surface area contributed by atoms with Gasteiger partial charge in [-0.1, -0.05) is 25.1 Å². The predicted octanol–water partition coefficient (Wildman–Crippen LogP) is 2.46. The van der Waals surface area contributed by atoms with Crippen molar-refractivity contribution in [2.45, 2.75) is 56.9 Å². The molecule has 2 fully saturated rings. The SMILES string of the molecule is CCC(COc1ccccc1)NC(=O)NC1CC2CCC1O2. The number of hydrogen-bond donors (Lipinski definition) is 2. The molecular formula is C17H24N2O3. The largest absolute Gasteiger partial charge is 0.491 e. The van der Waals surface area contributed by atoms with Crippen molar-refractivity contribution in [3.8, 4) is 5.75 Å². The van der Waals surface area contributed by atoms with Crippen molar-refractivity contribution in [3.63, 3.8) is 0 Å². The Balaban J connectivity index is 1.42. The minimum Gasteiger partial charge on any atom is -0.491 e. The van der Waals surface area contributed by atoms with Gasteiger partial charge in [0, 0.05) is 0 Å². The summed E-state index contributed by atoms with van der Waals surface area (Å²) in [6.07, 6.45) is 4.51. The van der Waals surface area contributed by atoms with E-state index in [0.29, 0.717) is 12.7 Å². The van der Waals surface area contributed by atoms with Crippen LogP contribution < -0.4 is 15.4 Å². The highest BCUT2D eigenvalue weighted by Gasteiger charge is 2.41. The Morgan fingerprint density at radius 3 is 2.82 bits per heavy atom. The fourth-order valence-corrected chi connectivity index (χ4v) is 3.16. The third-order valence-corrected chi connectivity index (χ3v) is 4.44. The van der Waals surface area contributed by atoms with Crippen LogP contribution in [0.3, 0.4) is 0 Å². The number of rotatable bonds is 6. The molecular weight excluding hydrogens is 280 g/mol. The van der Waals surface area contributed by atoms with Gasteiger partial charge in [0.2, 0.25) is 0 Å². The minimum absolute atomic E-state index is 0.000264. The van der Waals surface area contributed by atoms with Crippen molar-refractivity contribution in [1.82, 2.24) is 10.6 Å². The zero-order chi connectivity index (χ0) is 15.4. The quantitative estimate of drug-likeness (QED) is 0.849. The number of ether oxygens (including phenoxy) is 2. The lowest BCUT2D eigenvalue weighted by atomic mass is 9.96. The molecule has 5 nitrogen and oxygen atoms in total. The fourth-order valence-electron chi connectivity index (χ4n) is 3.16. The van der Waals surface area contributed by atoms with Gasteiger partial charge in [-0.3, -0.25) is 0 Å². The number of urea groups is 1. The van der Waals surface area contributed by atoms with E-state index in [9.17, 15) is 4.79 Å². The molecule has 0 radical (unpaired) electrons. The first-order valence-electron chi connectivity index (χ1n) is 8.15. The summed E-state index contributed by atoms with van der Waals surface area (Å²) in [6, 6.07) is 9.69. The smallest absolute Gasteiger partial charge is 0.315 e. The lowest BCUT2D eigenvalue weighted by Gasteiger charge is -2.23. The van der Waals surface area contributed by atoms with E-state index in [-0.39, 0.29) is 24.2 Å². The van der Waals surface area contributed by atoms with Crippen molar-refractivity contribution >= 4 is 6.03 Å². The first-order chi connectivity index (χ1) is 10.7. The van der Waals surface area contributed by atoms with E-state index in [2.05, 4.69) is 10.6 Å². The third-order valence-electron chi connectivity index (χ3n) is 4.44. The number of fused-ring (bicyclic) bond motifs is 2. The van der Waals surface area contributed by atoms with Crippen LogP contribution in [0.1, 0.15) is 32.6 Å². The van der Waals surface area contributed by atoms with E-state index in [1.54, 1.807) is 0 Å². The highest BCUT2D eigenvalue weighted by molar-refractivity contribution is 5.74. The summed E-state index contributed by atoms with van der Waals surface area (Å²) >= 11 is 0. The number of benzene rings is 1. The van der Waals surface area contributed by atoms with Crippen LogP contribution in [0.5, 0.6) is 5.75 Å². The monoisotopic (exact) mass is 304 g/mol. The second-order valence-electron chi connectivity index (χ2n) is 6.06. The molecule has 22 heavy (non-hydrogen) atoms. The highest BCUT2D eigenvalue weighted by atomic mass is 16.5. The summed E-state index contributed by atoms with van der Waals surface area (Å²) in [7, 11) is 0. The Hall–Kier alpha value is -1.75. The molecule has 120 valence electrons. The number of amides is 2. The Kier molecular flexibility index (Phi) is 4.83. The van der Waals surface area contributed by atoms with Crippen LogP contribution >= 0.6 is 0 Å². The maximum Gasteiger partial charge on any atom is 0.315 e. The van der Waals surface area contributed by atoms with E-state index < -0.39 is 0 Å². The molecule has 2 aliphatic heterocycles. The maximum atomic E-state index is 12.1. The van der Waals surface area contributed by atoms with Crippen molar-refractivity contribution in [3.05, 3.63) is 30.3 Å². The second-order valence-corrected chi connectivity index (χ2v) is 6.06. The van der Waals surface area contributed by atoms with Crippen molar-refractivity contribution < 1.29 is 14.3 Å². The Morgan fingerprint density at radius 2 is 2.18 bits per heavy atom. The van der Waals surface area contributed by atoms with Gasteiger partial charge in [-0.2, -0.15) is 0 Å². The molecule has 4 unspecified atom stereocenters. The minimum atomic E-state index is -0.121. The molecule has 2 heterocycles. The first-order valence-corrected chi connectivity index (χ1v) is 8.15. The number of nitrogens with one attached hydrogen (secondary N) is 2. The molecule has 2 amide bonds. The van der Waals surface area contributed by atoms with Crippen LogP contribution in [0.25, 0.3) is 0 Å². The van der Waals surface area contributed by atoms with Gasteiger partial charge >= 0.3 is 6.03 Å². The van der Waals surface area contributed by atoms with Crippen LogP contribution in [-0.2, 0) is 4.74 Å². The molecule has 0 spiro atoms. The summed E-state index contributed by atoms with van der Waals surface area (Å²) in [4.78, 5) is 12.1. The van der Waals surface area contributed by atoms with Crippen LogP contribution in [-0.4, -0.2) is 36.9 Å². The summed E-state index contributed by atoms with van der Waals surface area (Å²) in [5.74, 6) is 0.824. The fraction of sp³-hybridized carbons (Fsp3) is 0.588. The lowest BCUT2D eigenvalue weighted by molar-refractivity contribution is 0.0979. The van der Waals surface area contributed by atoms with Gasteiger partial charge < -0.3 is 20.1 Å². The Morgan fingerprint density at radius 1 is 1.36 bits per heavy atom. The van der Waals surface area contributed by atoms with Crippen molar-refractivity contribution in [2.75, 3.05) is 6.61 Å². The molecule has 2 bridgehead atoms. The van der Waals surface area contributed by atoms with Crippen LogP contribution in [0.2, 0.25) is 0 Å². The molecule has 2 saturated heterocycles. The molecule has 4 atom stereocenters. The molecule has 2 N–H and O–H groups in total. The van der Waals surface area contributed by atoms with E-state index in [1.807, 2.05) is 37.3 Å². The standard InChI is InChI=1S/C17H24N2O3/c1-2-12(11-21-13-6-4-3-5-7-13)18-17(20)19-15-10-14-8-9-16(15)22-14/h3-7,12,14-16H,2,8-11H2,1H3,(H2,18,19,20). The molecule has 0 aliphatic carbocycles. The number of carbonyl (C=O) groups excluding carboxylic acids is 1. The van der Waals surface area contributed by atoms with Gasteiger partial charge in [-0.25, -0.2) is 4.79 Å². The van der Waals surface area contributed by atoms with Gasteiger partial charge in [0.25, 0.3) is 0 Å². The van der Waals surface area contributed by atoms with Crippen molar-refractivity contribution in [2.24, 2.45) is 0 Å². The van der Waals surface area contributed by atoms with Gasteiger partial charge in [0.15, 0.2) is 0 Å². The van der Waals surface area contributed by atoms with E-state index >= 15 is 0 Å². The Bertz CT molecular complexity index is 494. The topological polar surface area (TPSA) is 59.6 Å². The highest BCUT2D eigenvalue weighted by Crippen LogP contribution is 2.34. The number of hydrogen-bond acceptors (Lipinski definition) is 3. The summed E-state index contributed by atoms with van der Waals surface area (Å²) in [6.45, 7) is 2.51. The molecule has 1 aromatic carbocycles. The van der Waals surface area contributed by atoms with Gasteiger partial charge in [-0.15, -0.1) is 0 Å². The predicted molar refractivity (Wildman–Crippen MR) is 84.0 cm³/mol. The zero-order valence-corrected chi connectivity index (χ0v) is 13.0. The van der Waals surface area contributed by atoms with E-state index in [0.717, 1.165) is 31.4 Å². The van der Waals surface area contributed by atoms with Gasteiger partial charge in [0.05, 0.1) is 24.3 Å². The summed E-state index contributed by atoms with van der Waals surface area (Å²) in [5, 5.41) is 6.04. The first kappa shape index (κ1) is 15.2. The van der Waals surface area contributed by atoms with Gasteiger partial charge in [-0.05, 0) is 37.8 Å². The maximum absolute atomic E-state index is 12.1. The Labute approximate surface area is 131 Å². The number of para-hydroxylation sites is 1. The van der Waals surface area contributed by atoms with Crippen molar-refractivity contribution in [1.29, 1.82) is 0 Å².